The second-order valence-corrected chi connectivity index (χ2v) is 4.93. The molecule has 0 aliphatic carbocycles. The molecule has 100 valence electrons. The third-order valence-corrected chi connectivity index (χ3v) is 3.61. The summed E-state index contributed by atoms with van der Waals surface area (Å²) < 4.78 is 1.85. The van der Waals surface area contributed by atoms with Crippen molar-refractivity contribution in [3.05, 3.63) is 54.1 Å². The van der Waals surface area contributed by atoms with Gasteiger partial charge in [0.15, 0.2) is 0 Å². The maximum Gasteiger partial charge on any atom is 0.137 e. The highest BCUT2D eigenvalue weighted by Gasteiger charge is 2.14. The fourth-order valence-electron chi connectivity index (χ4n) is 2.55. The predicted molar refractivity (Wildman–Crippen MR) is 76.6 cm³/mol. The number of hydrogen-bond acceptors (Lipinski definition) is 3. The fourth-order valence-corrected chi connectivity index (χ4v) is 2.55. The molecule has 3 heterocycles. The molecule has 0 atom stereocenters. The van der Waals surface area contributed by atoms with Crippen LogP contribution in [-0.2, 0) is 13.0 Å². The molecule has 3 aromatic rings. The first-order chi connectivity index (χ1) is 9.90. The van der Waals surface area contributed by atoms with Gasteiger partial charge >= 0.3 is 0 Å². The van der Waals surface area contributed by atoms with Gasteiger partial charge in [-0.3, -0.25) is 0 Å². The number of imidazole rings is 1. The second kappa shape index (κ2) is 4.61. The summed E-state index contributed by atoms with van der Waals surface area (Å²) in [7, 11) is 0. The maximum atomic E-state index is 4.70. The zero-order chi connectivity index (χ0) is 13.4. The van der Waals surface area contributed by atoms with Crippen molar-refractivity contribution >= 4 is 0 Å². The molecule has 0 bridgehead atoms. The van der Waals surface area contributed by atoms with Crippen LogP contribution in [0.4, 0.5) is 0 Å². The van der Waals surface area contributed by atoms with Gasteiger partial charge in [0.25, 0.3) is 0 Å². The summed E-state index contributed by atoms with van der Waals surface area (Å²) in [5, 5.41) is 7.58. The van der Waals surface area contributed by atoms with E-state index in [0.29, 0.717) is 0 Å². The van der Waals surface area contributed by atoms with Gasteiger partial charge in [-0.05, 0) is 30.3 Å². The first-order valence-corrected chi connectivity index (χ1v) is 6.79. The van der Waals surface area contributed by atoms with Crippen LogP contribution in [0.15, 0.2) is 42.7 Å². The largest absolute Gasteiger partial charge is 0.341 e. The first kappa shape index (κ1) is 11.4. The Balaban J connectivity index is 1.67. The van der Waals surface area contributed by atoms with Gasteiger partial charge in [0.2, 0.25) is 0 Å². The van der Waals surface area contributed by atoms with E-state index in [0.717, 1.165) is 36.6 Å². The molecule has 1 aliphatic heterocycles. The number of rotatable bonds is 2. The van der Waals surface area contributed by atoms with Gasteiger partial charge in [0, 0.05) is 37.5 Å². The summed E-state index contributed by atoms with van der Waals surface area (Å²) >= 11 is 0. The Labute approximate surface area is 116 Å². The number of aromatic amines is 1. The normalized spacial score (nSPS) is 14.2. The average molecular weight is 265 g/mol. The smallest absolute Gasteiger partial charge is 0.137 e. The number of nitrogens with zero attached hydrogens (tertiary/aromatic N) is 3. The Hall–Kier alpha value is -2.40. The lowest BCUT2D eigenvalue weighted by Crippen LogP contribution is -2.23. The molecule has 1 aliphatic rings. The van der Waals surface area contributed by atoms with Gasteiger partial charge in [-0.1, -0.05) is 0 Å². The van der Waals surface area contributed by atoms with Crippen molar-refractivity contribution in [1.29, 1.82) is 0 Å². The quantitative estimate of drug-likeness (QED) is 0.744. The van der Waals surface area contributed by atoms with Crippen molar-refractivity contribution in [2.45, 2.75) is 13.0 Å². The van der Waals surface area contributed by atoms with Gasteiger partial charge in [-0.25, -0.2) is 9.67 Å². The molecule has 0 amide bonds. The molecule has 20 heavy (non-hydrogen) atoms. The van der Waals surface area contributed by atoms with Crippen molar-refractivity contribution in [2.75, 3.05) is 6.54 Å². The Kier molecular flexibility index (Phi) is 2.63. The minimum Gasteiger partial charge on any atom is -0.341 e. The predicted octanol–water partition coefficient (Wildman–Crippen LogP) is 1.91. The molecule has 0 spiro atoms. The number of fused-ring (bicyclic) bond motifs is 1. The monoisotopic (exact) mass is 265 g/mol. The highest BCUT2D eigenvalue weighted by atomic mass is 15.3. The van der Waals surface area contributed by atoms with Crippen molar-refractivity contribution in [3.8, 4) is 17.1 Å². The molecule has 0 unspecified atom stereocenters. The van der Waals surface area contributed by atoms with Crippen LogP contribution in [0.25, 0.3) is 17.1 Å². The summed E-state index contributed by atoms with van der Waals surface area (Å²) in [6.07, 6.45) is 4.71. The highest BCUT2D eigenvalue weighted by molar-refractivity contribution is 5.58. The Morgan fingerprint density at radius 1 is 1.15 bits per heavy atom. The minimum atomic E-state index is 0.883. The zero-order valence-electron chi connectivity index (χ0n) is 11.0. The molecule has 1 aromatic carbocycles. The van der Waals surface area contributed by atoms with E-state index in [1.54, 1.807) is 6.20 Å². The van der Waals surface area contributed by atoms with Crippen molar-refractivity contribution in [1.82, 2.24) is 25.1 Å². The summed E-state index contributed by atoms with van der Waals surface area (Å²) in [4.78, 5) is 8.10. The van der Waals surface area contributed by atoms with E-state index in [1.165, 1.54) is 11.4 Å². The third-order valence-electron chi connectivity index (χ3n) is 3.61. The lowest BCUT2D eigenvalue weighted by molar-refractivity contribution is 0.627. The standard InChI is InChI=1S/C15H15N5/c1-7-17-20(9-1)12-4-2-11(3-5-12)15-18-13-6-8-16-10-14(13)19-15/h1-5,7,9,16H,6,8,10H2,(H,18,19). The SMILES string of the molecule is c1cnn(-c2ccc(-c3nc4c([nH]3)CNCC4)cc2)c1. The van der Waals surface area contributed by atoms with Gasteiger partial charge in [-0.15, -0.1) is 0 Å². The van der Waals surface area contributed by atoms with E-state index in [-0.39, 0.29) is 0 Å². The Morgan fingerprint density at radius 3 is 2.80 bits per heavy atom. The fraction of sp³-hybridized carbons (Fsp3) is 0.200. The Bertz CT molecular complexity index is 686. The van der Waals surface area contributed by atoms with Gasteiger partial charge in [0.05, 0.1) is 17.1 Å². The van der Waals surface area contributed by atoms with Crippen LogP contribution in [0.2, 0.25) is 0 Å². The molecule has 0 radical (unpaired) electrons. The third kappa shape index (κ3) is 1.92. The molecule has 5 heteroatoms. The molecular weight excluding hydrogens is 250 g/mol. The molecule has 5 nitrogen and oxygen atoms in total. The number of benzene rings is 1. The van der Waals surface area contributed by atoms with E-state index in [4.69, 9.17) is 4.98 Å². The molecule has 0 saturated carbocycles. The highest BCUT2D eigenvalue weighted by Crippen LogP contribution is 2.21. The molecular formula is C15H15N5. The minimum absolute atomic E-state index is 0.883. The maximum absolute atomic E-state index is 4.70. The van der Waals surface area contributed by atoms with Crippen molar-refractivity contribution in [2.24, 2.45) is 0 Å². The second-order valence-electron chi connectivity index (χ2n) is 4.93. The zero-order valence-corrected chi connectivity index (χ0v) is 11.0. The molecule has 0 saturated heterocycles. The van der Waals surface area contributed by atoms with E-state index in [9.17, 15) is 0 Å². The van der Waals surface area contributed by atoms with E-state index in [1.807, 2.05) is 16.9 Å². The van der Waals surface area contributed by atoms with Crippen LogP contribution in [0.3, 0.4) is 0 Å². The summed E-state index contributed by atoms with van der Waals surface area (Å²) in [6, 6.07) is 10.2. The van der Waals surface area contributed by atoms with Crippen LogP contribution in [0.5, 0.6) is 0 Å². The Morgan fingerprint density at radius 2 is 2.05 bits per heavy atom. The number of nitrogens with one attached hydrogen (secondary N) is 2. The summed E-state index contributed by atoms with van der Waals surface area (Å²) in [5.41, 5.74) is 4.56. The number of H-pyrrole nitrogens is 1. The topological polar surface area (TPSA) is 58.5 Å². The average Bonchev–Trinajstić information content (AvgIpc) is 3.17. The van der Waals surface area contributed by atoms with Crippen molar-refractivity contribution in [3.63, 3.8) is 0 Å². The van der Waals surface area contributed by atoms with E-state index < -0.39 is 0 Å². The molecule has 2 N–H and O–H groups in total. The van der Waals surface area contributed by atoms with Crippen LogP contribution in [-0.4, -0.2) is 26.3 Å². The number of hydrogen-bond donors (Lipinski definition) is 2. The van der Waals surface area contributed by atoms with Gasteiger partial charge in [0.1, 0.15) is 5.82 Å². The summed E-state index contributed by atoms with van der Waals surface area (Å²) in [6.45, 7) is 1.89. The molecule has 2 aromatic heterocycles. The lowest BCUT2D eigenvalue weighted by Gasteiger charge is -2.09. The van der Waals surface area contributed by atoms with E-state index in [2.05, 4.69) is 39.7 Å². The van der Waals surface area contributed by atoms with Crippen LogP contribution in [0, 0.1) is 0 Å². The van der Waals surface area contributed by atoms with Gasteiger partial charge in [-0.2, -0.15) is 5.10 Å². The molecule has 4 rings (SSSR count). The van der Waals surface area contributed by atoms with E-state index >= 15 is 0 Å². The van der Waals surface area contributed by atoms with Crippen LogP contribution < -0.4 is 5.32 Å². The first-order valence-electron chi connectivity index (χ1n) is 6.79. The van der Waals surface area contributed by atoms with Crippen LogP contribution in [0.1, 0.15) is 11.4 Å². The number of aromatic nitrogens is 4. The van der Waals surface area contributed by atoms with Gasteiger partial charge < -0.3 is 10.3 Å². The molecule has 0 fully saturated rings. The lowest BCUT2D eigenvalue weighted by atomic mass is 10.2. The van der Waals surface area contributed by atoms with Crippen molar-refractivity contribution < 1.29 is 0 Å². The summed E-state index contributed by atoms with van der Waals surface area (Å²) in [5.74, 6) is 0.950. The van der Waals surface area contributed by atoms with Crippen LogP contribution >= 0.6 is 0 Å².